The Hall–Kier alpha value is -3.38. The normalized spacial score (nSPS) is 19.4. The van der Waals surface area contributed by atoms with Crippen molar-refractivity contribution in [3.05, 3.63) is 83.2 Å². The van der Waals surface area contributed by atoms with Crippen LogP contribution in [-0.2, 0) is 16.1 Å². The molecule has 0 radical (unpaired) electrons. The number of hydrogen-bond donors (Lipinski definition) is 0. The van der Waals surface area contributed by atoms with Crippen LogP contribution in [0.2, 0.25) is 0 Å². The Morgan fingerprint density at radius 3 is 2.54 bits per heavy atom. The summed E-state index contributed by atoms with van der Waals surface area (Å²) in [5.74, 6) is 1.64. The number of ether oxygens (including phenoxy) is 3. The highest BCUT2D eigenvalue weighted by Gasteiger charge is 2.38. The predicted octanol–water partition coefficient (Wildman–Crippen LogP) is 7.93. The summed E-state index contributed by atoms with van der Waals surface area (Å²) in [4.78, 5) is 14.5. The molecule has 1 aliphatic heterocycles. The summed E-state index contributed by atoms with van der Waals surface area (Å²) in [5.41, 5.74) is 4.69. The van der Waals surface area contributed by atoms with Gasteiger partial charge < -0.3 is 14.2 Å². The lowest BCUT2D eigenvalue weighted by Crippen LogP contribution is -2.41. The number of piperidine rings is 1. The molecule has 1 aliphatic carbocycles. The number of rotatable bonds is 10. The van der Waals surface area contributed by atoms with Crippen molar-refractivity contribution in [2.45, 2.75) is 64.5 Å². The fourth-order valence-corrected chi connectivity index (χ4v) is 6.64. The van der Waals surface area contributed by atoms with Crippen LogP contribution in [0.5, 0.6) is 11.5 Å². The van der Waals surface area contributed by atoms with Gasteiger partial charge in [0.1, 0.15) is 23.9 Å². The second-order valence-corrected chi connectivity index (χ2v) is 12.3. The van der Waals surface area contributed by atoms with Crippen molar-refractivity contribution in [1.29, 1.82) is 0 Å². The lowest BCUT2D eigenvalue weighted by Gasteiger charge is -2.46. The smallest absolute Gasteiger partial charge is 0.306 e. The highest BCUT2D eigenvalue weighted by molar-refractivity contribution is 5.71. The zero-order valence-electron chi connectivity index (χ0n) is 24.9. The summed E-state index contributed by atoms with van der Waals surface area (Å²) in [6.07, 6.45) is 4.91. The molecule has 2 unspecified atom stereocenters. The van der Waals surface area contributed by atoms with Gasteiger partial charge in [-0.1, -0.05) is 44.2 Å². The summed E-state index contributed by atoms with van der Waals surface area (Å²) in [6, 6.07) is 19.4. The SMILES string of the molecule is COC(=O)CC(c1cccc(OCc2ccc(-c3cc(OC)ccc3F)c(C3N(C)CCCC3(C)C)c2)c1)C1CC1. The van der Waals surface area contributed by atoms with E-state index in [1.165, 1.54) is 13.2 Å². The second kappa shape index (κ2) is 12.2. The Morgan fingerprint density at radius 1 is 1.02 bits per heavy atom. The zero-order chi connectivity index (χ0) is 29.1. The molecule has 0 spiro atoms. The Bertz CT molecular complexity index is 1380. The summed E-state index contributed by atoms with van der Waals surface area (Å²) < 4.78 is 32.0. The molecule has 0 aromatic heterocycles. The van der Waals surface area contributed by atoms with E-state index in [0.717, 1.165) is 60.2 Å². The molecule has 5 nitrogen and oxygen atoms in total. The van der Waals surface area contributed by atoms with Gasteiger partial charge in [-0.2, -0.15) is 0 Å². The summed E-state index contributed by atoms with van der Waals surface area (Å²) in [5, 5.41) is 0. The number of halogens is 1. The molecule has 0 bridgehead atoms. The largest absolute Gasteiger partial charge is 0.497 e. The van der Waals surface area contributed by atoms with E-state index in [-0.39, 0.29) is 29.2 Å². The third-order valence-electron chi connectivity index (χ3n) is 8.88. The van der Waals surface area contributed by atoms with Crippen molar-refractivity contribution >= 4 is 5.97 Å². The molecular weight excluding hydrogens is 517 g/mol. The number of methoxy groups -OCH3 is 2. The Balaban J connectivity index is 1.45. The molecule has 0 amide bonds. The highest BCUT2D eigenvalue weighted by atomic mass is 19.1. The van der Waals surface area contributed by atoms with Crippen LogP contribution in [0.1, 0.15) is 74.6 Å². The summed E-state index contributed by atoms with van der Waals surface area (Å²) >= 11 is 0. The van der Waals surface area contributed by atoms with E-state index in [0.29, 0.717) is 30.3 Å². The number of carbonyl (C=O) groups is 1. The third-order valence-corrected chi connectivity index (χ3v) is 8.88. The quantitative estimate of drug-likeness (QED) is 0.236. The second-order valence-electron chi connectivity index (χ2n) is 12.3. The van der Waals surface area contributed by atoms with Crippen LogP contribution in [0.3, 0.4) is 0 Å². The fraction of sp³-hybridized carbons (Fsp3) is 0.457. The van der Waals surface area contributed by atoms with E-state index >= 15 is 4.39 Å². The molecule has 41 heavy (non-hydrogen) atoms. The molecule has 3 aromatic carbocycles. The predicted molar refractivity (Wildman–Crippen MR) is 160 cm³/mol. The number of hydrogen-bond acceptors (Lipinski definition) is 5. The van der Waals surface area contributed by atoms with Crippen molar-refractivity contribution in [2.24, 2.45) is 11.3 Å². The van der Waals surface area contributed by atoms with Crippen LogP contribution in [0.4, 0.5) is 4.39 Å². The Labute approximate surface area is 243 Å². The van der Waals surface area contributed by atoms with Crippen LogP contribution in [0, 0.1) is 17.2 Å². The molecule has 3 aromatic rings. The monoisotopic (exact) mass is 559 g/mol. The van der Waals surface area contributed by atoms with Gasteiger partial charge in [0, 0.05) is 11.6 Å². The average molecular weight is 560 g/mol. The average Bonchev–Trinajstić information content (AvgIpc) is 3.80. The topological polar surface area (TPSA) is 48.0 Å². The van der Waals surface area contributed by atoms with Gasteiger partial charge in [0.05, 0.1) is 20.6 Å². The molecule has 1 heterocycles. The van der Waals surface area contributed by atoms with Gasteiger partial charge in [-0.25, -0.2) is 4.39 Å². The van der Waals surface area contributed by atoms with Crippen molar-refractivity contribution in [3.63, 3.8) is 0 Å². The van der Waals surface area contributed by atoms with Crippen molar-refractivity contribution in [2.75, 3.05) is 27.8 Å². The van der Waals surface area contributed by atoms with Crippen LogP contribution in [0.15, 0.2) is 60.7 Å². The van der Waals surface area contributed by atoms with Crippen LogP contribution < -0.4 is 9.47 Å². The number of likely N-dealkylation sites (tertiary alicyclic amines) is 1. The van der Waals surface area contributed by atoms with E-state index in [4.69, 9.17) is 14.2 Å². The van der Waals surface area contributed by atoms with E-state index in [1.54, 1.807) is 19.2 Å². The maximum absolute atomic E-state index is 15.2. The van der Waals surface area contributed by atoms with E-state index in [2.05, 4.69) is 44.0 Å². The molecule has 6 heteroatoms. The van der Waals surface area contributed by atoms with E-state index < -0.39 is 0 Å². The fourth-order valence-electron chi connectivity index (χ4n) is 6.64. The van der Waals surface area contributed by atoms with Gasteiger partial charge >= 0.3 is 5.97 Å². The molecule has 5 rings (SSSR count). The number of esters is 1. The zero-order valence-corrected chi connectivity index (χ0v) is 24.9. The van der Waals surface area contributed by atoms with Gasteiger partial charge in [0.15, 0.2) is 0 Å². The van der Waals surface area contributed by atoms with Crippen molar-refractivity contribution < 1.29 is 23.4 Å². The lowest BCUT2D eigenvalue weighted by molar-refractivity contribution is -0.141. The van der Waals surface area contributed by atoms with E-state index in [9.17, 15) is 4.79 Å². The summed E-state index contributed by atoms with van der Waals surface area (Å²) in [6.45, 7) is 5.99. The molecule has 1 saturated heterocycles. The molecular formula is C35H42FNO4. The minimum atomic E-state index is -0.263. The molecule has 218 valence electrons. The van der Waals surface area contributed by atoms with Crippen LogP contribution in [-0.4, -0.2) is 38.7 Å². The van der Waals surface area contributed by atoms with Gasteiger partial charge in [0.2, 0.25) is 0 Å². The molecule has 1 saturated carbocycles. The minimum absolute atomic E-state index is 0.0162. The molecule has 2 fully saturated rings. The number of benzene rings is 3. The third kappa shape index (κ3) is 6.59. The first-order valence-corrected chi connectivity index (χ1v) is 14.7. The highest BCUT2D eigenvalue weighted by Crippen LogP contribution is 2.48. The summed E-state index contributed by atoms with van der Waals surface area (Å²) in [7, 11) is 5.21. The van der Waals surface area contributed by atoms with E-state index in [1.807, 2.05) is 24.3 Å². The Kier molecular flexibility index (Phi) is 8.69. The maximum atomic E-state index is 15.2. The first-order chi connectivity index (χ1) is 19.7. The minimum Gasteiger partial charge on any atom is -0.497 e. The standard InChI is InChI=1S/C35H42FNO4/c1-35(2)16-7-17-37(3)34(35)31-18-23(10-14-28(31)30-20-26(39-4)13-15-32(30)36)22-41-27-9-6-8-25(19-27)29(24-11-12-24)21-33(38)40-5/h6,8-10,13-15,18-20,24,29,34H,7,11-12,16-17,21-22H2,1-5H3. The maximum Gasteiger partial charge on any atom is 0.306 e. The first kappa shape index (κ1) is 29.1. The van der Waals surface area contributed by atoms with Crippen molar-refractivity contribution in [1.82, 2.24) is 4.90 Å². The first-order valence-electron chi connectivity index (χ1n) is 14.7. The van der Waals surface area contributed by atoms with Gasteiger partial charge in [-0.3, -0.25) is 9.69 Å². The van der Waals surface area contributed by atoms with Crippen molar-refractivity contribution in [3.8, 4) is 22.6 Å². The van der Waals surface area contributed by atoms with Crippen LogP contribution >= 0.6 is 0 Å². The molecule has 0 N–H and O–H groups in total. The lowest BCUT2D eigenvalue weighted by atomic mass is 9.72. The van der Waals surface area contributed by atoms with Gasteiger partial charge in [0.25, 0.3) is 0 Å². The molecule has 2 atom stereocenters. The van der Waals surface area contributed by atoms with Crippen LogP contribution in [0.25, 0.3) is 11.1 Å². The molecule has 2 aliphatic rings. The van der Waals surface area contributed by atoms with Gasteiger partial charge in [-0.15, -0.1) is 0 Å². The number of nitrogens with zero attached hydrogens (tertiary/aromatic N) is 1. The Morgan fingerprint density at radius 2 is 1.83 bits per heavy atom. The van der Waals surface area contributed by atoms with Gasteiger partial charge in [-0.05, 0) is 109 Å². The number of carbonyl (C=O) groups excluding carboxylic acids is 1.